The Balaban J connectivity index is 3.33. The summed E-state index contributed by atoms with van der Waals surface area (Å²) >= 11 is 0. The Kier molecular flexibility index (Phi) is 26.8. The van der Waals surface area contributed by atoms with Gasteiger partial charge in [0.2, 0.25) is 0 Å². The molecule has 0 aromatic rings. The first kappa shape index (κ1) is 34.4. The van der Waals surface area contributed by atoms with Gasteiger partial charge in [-0.05, 0) is 25.7 Å². The van der Waals surface area contributed by atoms with E-state index in [4.69, 9.17) is 4.74 Å². The highest BCUT2D eigenvalue weighted by Crippen LogP contribution is 2.18. The molecule has 1 atom stereocenters. The van der Waals surface area contributed by atoms with Crippen LogP contribution >= 0.6 is 0 Å². The van der Waals surface area contributed by atoms with Gasteiger partial charge in [0.25, 0.3) is 0 Å². The van der Waals surface area contributed by atoms with Crippen molar-refractivity contribution < 1.29 is 19.4 Å². The van der Waals surface area contributed by atoms with Gasteiger partial charge in [0, 0.05) is 0 Å². The molecule has 4 heteroatoms. The van der Waals surface area contributed by atoms with E-state index in [1.54, 1.807) is 0 Å². The minimum absolute atomic E-state index is 0.0412. The minimum atomic E-state index is -0.901. The molecule has 0 amide bonds. The standard InChI is InChI=1S/C32H58O4/c1-3-5-6-7-8-9-10-11-12-13-14-15-16-17-18-19-20-21-22-23-24-25-26-27-30(32(34)35)29-31(33)36-28-4-2/h4,7-8,30H,2-3,5-6,9-29H2,1H3,(H,34,35)/b8-7+. The van der Waals surface area contributed by atoms with Gasteiger partial charge in [-0.2, -0.15) is 0 Å². The average molecular weight is 507 g/mol. The van der Waals surface area contributed by atoms with Crippen molar-refractivity contribution in [2.45, 2.75) is 155 Å². The number of carbonyl (C=O) groups is 2. The number of unbranched alkanes of at least 4 members (excludes halogenated alkanes) is 19. The molecule has 0 aromatic carbocycles. The highest BCUT2D eigenvalue weighted by atomic mass is 16.5. The molecule has 1 N–H and O–H groups in total. The fourth-order valence-corrected chi connectivity index (χ4v) is 4.59. The number of aliphatic carboxylic acids is 1. The molecule has 0 radical (unpaired) electrons. The van der Waals surface area contributed by atoms with Gasteiger partial charge in [-0.15, -0.1) is 0 Å². The molecule has 0 saturated heterocycles. The predicted octanol–water partition coefficient (Wildman–Crippen LogP) is 9.96. The first-order valence-electron chi connectivity index (χ1n) is 15.3. The van der Waals surface area contributed by atoms with Crippen LogP contribution in [0, 0.1) is 5.92 Å². The van der Waals surface area contributed by atoms with Gasteiger partial charge in [0.1, 0.15) is 6.61 Å². The summed E-state index contributed by atoms with van der Waals surface area (Å²) in [6.45, 7) is 5.88. The lowest BCUT2D eigenvalue weighted by Gasteiger charge is -2.11. The molecular formula is C32H58O4. The van der Waals surface area contributed by atoms with Crippen LogP contribution in [0.25, 0.3) is 0 Å². The Bertz CT molecular complexity index is 540. The number of allylic oxidation sites excluding steroid dienone is 2. The monoisotopic (exact) mass is 506 g/mol. The molecule has 0 aliphatic carbocycles. The Morgan fingerprint density at radius 2 is 1.11 bits per heavy atom. The summed E-state index contributed by atoms with van der Waals surface area (Å²) in [5.74, 6) is -1.98. The Hall–Kier alpha value is -1.58. The van der Waals surface area contributed by atoms with Crippen molar-refractivity contribution in [2.24, 2.45) is 5.92 Å². The van der Waals surface area contributed by atoms with Crippen molar-refractivity contribution >= 4 is 11.9 Å². The van der Waals surface area contributed by atoms with E-state index in [2.05, 4.69) is 25.7 Å². The molecule has 0 bridgehead atoms. The number of carbonyl (C=O) groups excluding carboxylic acids is 1. The normalized spacial score (nSPS) is 12.1. The first-order chi connectivity index (χ1) is 17.6. The van der Waals surface area contributed by atoms with Gasteiger partial charge in [-0.1, -0.05) is 147 Å². The maximum atomic E-state index is 11.6. The molecule has 0 rings (SSSR count). The van der Waals surface area contributed by atoms with Crippen LogP contribution in [-0.4, -0.2) is 23.7 Å². The van der Waals surface area contributed by atoms with Crippen LogP contribution < -0.4 is 0 Å². The number of esters is 1. The van der Waals surface area contributed by atoms with Crippen molar-refractivity contribution in [3.63, 3.8) is 0 Å². The van der Waals surface area contributed by atoms with Gasteiger partial charge >= 0.3 is 11.9 Å². The highest BCUT2D eigenvalue weighted by Gasteiger charge is 2.21. The highest BCUT2D eigenvalue weighted by molar-refractivity contribution is 5.78. The number of rotatable bonds is 28. The van der Waals surface area contributed by atoms with E-state index in [0.29, 0.717) is 6.42 Å². The lowest BCUT2D eigenvalue weighted by atomic mass is 9.97. The van der Waals surface area contributed by atoms with E-state index >= 15 is 0 Å². The maximum Gasteiger partial charge on any atom is 0.307 e. The smallest absolute Gasteiger partial charge is 0.307 e. The van der Waals surface area contributed by atoms with E-state index in [0.717, 1.165) is 19.3 Å². The molecular weight excluding hydrogens is 448 g/mol. The molecule has 0 aliphatic rings. The molecule has 0 saturated carbocycles. The molecule has 1 unspecified atom stereocenters. The van der Waals surface area contributed by atoms with E-state index in [1.165, 1.54) is 122 Å². The van der Waals surface area contributed by atoms with Crippen molar-refractivity contribution in [1.82, 2.24) is 0 Å². The molecule has 36 heavy (non-hydrogen) atoms. The second-order valence-corrected chi connectivity index (χ2v) is 10.4. The van der Waals surface area contributed by atoms with Gasteiger partial charge in [0.05, 0.1) is 12.3 Å². The van der Waals surface area contributed by atoms with Gasteiger partial charge in [0.15, 0.2) is 0 Å². The van der Waals surface area contributed by atoms with Crippen LogP contribution in [0.3, 0.4) is 0 Å². The molecule has 0 heterocycles. The lowest BCUT2D eigenvalue weighted by molar-refractivity contribution is -0.151. The third-order valence-electron chi connectivity index (χ3n) is 6.94. The second-order valence-electron chi connectivity index (χ2n) is 10.4. The summed E-state index contributed by atoms with van der Waals surface area (Å²) < 4.78 is 4.90. The zero-order valence-corrected chi connectivity index (χ0v) is 23.7. The van der Waals surface area contributed by atoms with Gasteiger partial charge in [-0.3, -0.25) is 9.59 Å². The second kappa shape index (κ2) is 28.0. The summed E-state index contributed by atoms with van der Waals surface area (Å²) in [7, 11) is 0. The topological polar surface area (TPSA) is 63.6 Å². The lowest BCUT2D eigenvalue weighted by Crippen LogP contribution is -2.19. The Labute approximate surface area is 223 Å². The third-order valence-corrected chi connectivity index (χ3v) is 6.94. The van der Waals surface area contributed by atoms with E-state index < -0.39 is 17.9 Å². The number of hydrogen-bond acceptors (Lipinski definition) is 3. The zero-order valence-electron chi connectivity index (χ0n) is 23.7. The number of ether oxygens (including phenoxy) is 1. The van der Waals surface area contributed by atoms with Crippen molar-refractivity contribution in [2.75, 3.05) is 6.61 Å². The molecule has 0 aliphatic heterocycles. The predicted molar refractivity (Wildman–Crippen MR) is 153 cm³/mol. The molecule has 0 aromatic heterocycles. The van der Waals surface area contributed by atoms with Crippen LogP contribution in [0.5, 0.6) is 0 Å². The summed E-state index contributed by atoms with van der Waals surface area (Å²) in [4.78, 5) is 22.9. The van der Waals surface area contributed by atoms with Crippen LogP contribution in [-0.2, 0) is 14.3 Å². The average Bonchev–Trinajstić information content (AvgIpc) is 2.87. The maximum absolute atomic E-state index is 11.6. The summed E-state index contributed by atoms with van der Waals surface area (Å²) in [6.07, 6.45) is 34.1. The zero-order chi connectivity index (χ0) is 26.5. The number of carboxylic acid groups (broad SMARTS) is 1. The summed E-state index contributed by atoms with van der Waals surface area (Å²) in [5, 5.41) is 9.30. The molecule has 0 spiro atoms. The molecule has 210 valence electrons. The molecule has 0 fully saturated rings. The summed E-state index contributed by atoms with van der Waals surface area (Å²) in [6, 6.07) is 0. The fourth-order valence-electron chi connectivity index (χ4n) is 4.59. The van der Waals surface area contributed by atoms with E-state index in [-0.39, 0.29) is 13.0 Å². The Morgan fingerprint density at radius 3 is 1.53 bits per heavy atom. The Morgan fingerprint density at radius 1 is 0.694 bits per heavy atom. The van der Waals surface area contributed by atoms with Gasteiger partial charge < -0.3 is 9.84 Å². The van der Waals surface area contributed by atoms with Crippen molar-refractivity contribution in [1.29, 1.82) is 0 Å². The first-order valence-corrected chi connectivity index (χ1v) is 15.3. The largest absolute Gasteiger partial charge is 0.481 e. The summed E-state index contributed by atoms with van der Waals surface area (Å²) in [5.41, 5.74) is 0. The van der Waals surface area contributed by atoms with E-state index in [1.807, 2.05) is 0 Å². The van der Waals surface area contributed by atoms with Crippen LogP contribution in [0.2, 0.25) is 0 Å². The SMILES string of the molecule is C=CCOC(=O)CC(CCCCCCCCCCCCCCCCCCC/C=C/CCCC)C(=O)O. The van der Waals surface area contributed by atoms with E-state index in [9.17, 15) is 14.7 Å². The number of carboxylic acids is 1. The van der Waals surface area contributed by atoms with Crippen molar-refractivity contribution in [3.05, 3.63) is 24.8 Å². The third kappa shape index (κ3) is 25.5. The van der Waals surface area contributed by atoms with Gasteiger partial charge in [-0.25, -0.2) is 0 Å². The fraction of sp³-hybridized carbons (Fsp3) is 0.812. The number of hydrogen-bond donors (Lipinski definition) is 1. The van der Waals surface area contributed by atoms with Crippen LogP contribution in [0.4, 0.5) is 0 Å². The van der Waals surface area contributed by atoms with Crippen LogP contribution in [0.15, 0.2) is 24.8 Å². The van der Waals surface area contributed by atoms with Crippen LogP contribution in [0.1, 0.15) is 155 Å². The molecule has 4 nitrogen and oxygen atoms in total. The minimum Gasteiger partial charge on any atom is -0.481 e. The van der Waals surface area contributed by atoms with Crippen molar-refractivity contribution in [3.8, 4) is 0 Å². The quantitative estimate of drug-likeness (QED) is 0.0651.